The highest BCUT2D eigenvalue weighted by molar-refractivity contribution is 6.30. The van der Waals surface area contributed by atoms with E-state index < -0.39 is 0 Å². The van der Waals surface area contributed by atoms with Crippen molar-refractivity contribution in [2.45, 2.75) is 19.0 Å². The van der Waals surface area contributed by atoms with Crippen molar-refractivity contribution in [3.05, 3.63) is 58.6 Å². The summed E-state index contributed by atoms with van der Waals surface area (Å²) in [4.78, 5) is 2.44. The number of benzene rings is 2. The largest absolute Gasteiger partial charge is 0.398 e. The number of hydrogen-bond acceptors (Lipinski definition) is 4. The molecule has 2 aromatic carbocycles. The summed E-state index contributed by atoms with van der Waals surface area (Å²) < 4.78 is 0. The van der Waals surface area contributed by atoms with Gasteiger partial charge in [-0.25, -0.2) is 0 Å². The third-order valence-electron chi connectivity index (χ3n) is 4.20. The Balaban J connectivity index is 1.57. The van der Waals surface area contributed by atoms with Crippen molar-refractivity contribution >= 4 is 29.2 Å². The van der Waals surface area contributed by atoms with Crippen LogP contribution in [0.25, 0.3) is 0 Å². The normalized spacial score (nSPS) is 18.0. The molecule has 1 atom stereocenters. The molecule has 4 nitrogen and oxygen atoms in total. The van der Waals surface area contributed by atoms with Crippen molar-refractivity contribution in [3.63, 3.8) is 0 Å². The number of rotatable bonds is 5. The van der Waals surface area contributed by atoms with Crippen LogP contribution in [-0.2, 0) is 6.54 Å². The van der Waals surface area contributed by atoms with Gasteiger partial charge in [0.05, 0.1) is 0 Å². The van der Waals surface area contributed by atoms with E-state index in [0.717, 1.165) is 42.3 Å². The fourth-order valence-electron chi connectivity index (χ4n) is 2.97. The van der Waals surface area contributed by atoms with E-state index in [4.69, 9.17) is 22.7 Å². The van der Waals surface area contributed by atoms with Crippen LogP contribution in [0, 0.1) is 5.41 Å². The van der Waals surface area contributed by atoms with E-state index >= 15 is 0 Å². The van der Waals surface area contributed by atoms with Crippen LogP contribution >= 0.6 is 11.6 Å². The van der Waals surface area contributed by atoms with Gasteiger partial charge in [0.25, 0.3) is 0 Å². The fraction of sp³-hybridized carbons (Fsp3) is 0.278. The fourth-order valence-corrected chi connectivity index (χ4v) is 3.09. The van der Waals surface area contributed by atoms with Gasteiger partial charge in [-0.2, -0.15) is 0 Å². The Morgan fingerprint density at radius 3 is 2.78 bits per heavy atom. The molecule has 1 aliphatic rings. The predicted octanol–water partition coefficient (Wildman–Crippen LogP) is 3.61. The molecule has 0 saturated carbocycles. The summed E-state index contributed by atoms with van der Waals surface area (Å²) in [6, 6.07) is 14.2. The summed E-state index contributed by atoms with van der Waals surface area (Å²) in [5.74, 6) is 0. The van der Waals surface area contributed by atoms with Crippen molar-refractivity contribution in [3.8, 4) is 0 Å². The minimum absolute atomic E-state index is 0.421. The SMILES string of the molecule is N=Cc1cc(NC2CCN(Cc3ccc(Cl)cc3)C2)ccc1N. The molecule has 3 rings (SSSR count). The molecule has 1 fully saturated rings. The molecule has 0 radical (unpaired) electrons. The Morgan fingerprint density at radius 1 is 1.26 bits per heavy atom. The smallest absolute Gasteiger partial charge is 0.0406 e. The molecular weight excluding hydrogens is 308 g/mol. The van der Waals surface area contributed by atoms with E-state index in [0.29, 0.717) is 11.7 Å². The first-order chi connectivity index (χ1) is 11.1. The third-order valence-corrected chi connectivity index (χ3v) is 4.46. The zero-order valence-electron chi connectivity index (χ0n) is 12.9. The molecule has 0 aliphatic carbocycles. The van der Waals surface area contributed by atoms with Gasteiger partial charge in [0.1, 0.15) is 0 Å². The Bertz CT molecular complexity index is 684. The lowest BCUT2D eigenvalue weighted by Gasteiger charge is -2.18. The predicted molar refractivity (Wildman–Crippen MR) is 97.5 cm³/mol. The number of nitrogens with zero attached hydrogens (tertiary/aromatic N) is 1. The number of nitrogen functional groups attached to an aromatic ring is 1. The van der Waals surface area contributed by atoms with Gasteiger partial charge in [-0.15, -0.1) is 0 Å². The zero-order chi connectivity index (χ0) is 16.2. The highest BCUT2D eigenvalue weighted by Crippen LogP contribution is 2.21. The van der Waals surface area contributed by atoms with Gasteiger partial charge in [-0.3, -0.25) is 4.90 Å². The number of nitrogens with two attached hydrogens (primary N) is 1. The van der Waals surface area contributed by atoms with Gasteiger partial charge in [-0.05, 0) is 42.3 Å². The lowest BCUT2D eigenvalue weighted by molar-refractivity contribution is 0.328. The minimum Gasteiger partial charge on any atom is -0.398 e. The maximum Gasteiger partial charge on any atom is 0.0406 e. The van der Waals surface area contributed by atoms with E-state index in [9.17, 15) is 0 Å². The van der Waals surface area contributed by atoms with Crippen molar-refractivity contribution in [2.75, 3.05) is 24.1 Å². The average Bonchev–Trinajstić information content (AvgIpc) is 2.98. The van der Waals surface area contributed by atoms with E-state index in [1.807, 2.05) is 30.3 Å². The highest BCUT2D eigenvalue weighted by atomic mass is 35.5. The summed E-state index contributed by atoms with van der Waals surface area (Å²) in [5.41, 5.74) is 9.54. The average molecular weight is 329 g/mol. The molecule has 4 N–H and O–H groups in total. The lowest BCUT2D eigenvalue weighted by Crippen LogP contribution is -2.26. The molecular formula is C18H21ClN4. The second-order valence-corrected chi connectivity index (χ2v) is 6.42. The van der Waals surface area contributed by atoms with E-state index in [1.165, 1.54) is 11.8 Å². The molecule has 0 amide bonds. The second-order valence-electron chi connectivity index (χ2n) is 5.98. The molecule has 0 spiro atoms. The Hall–Kier alpha value is -2.04. The van der Waals surface area contributed by atoms with Crippen LogP contribution in [0.1, 0.15) is 17.5 Å². The van der Waals surface area contributed by atoms with Crippen LogP contribution < -0.4 is 11.1 Å². The van der Waals surface area contributed by atoms with Gasteiger partial charge < -0.3 is 16.5 Å². The molecule has 1 saturated heterocycles. The molecule has 1 heterocycles. The van der Waals surface area contributed by atoms with Crippen molar-refractivity contribution in [1.29, 1.82) is 5.41 Å². The third kappa shape index (κ3) is 4.03. The van der Waals surface area contributed by atoms with Gasteiger partial charge in [0.2, 0.25) is 0 Å². The summed E-state index contributed by atoms with van der Waals surface area (Å²) >= 11 is 5.93. The topological polar surface area (TPSA) is 65.1 Å². The number of likely N-dealkylation sites (tertiary alicyclic amines) is 1. The quantitative estimate of drug-likeness (QED) is 0.580. The molecule has 2 aromatic rings. The first kappa shape index (κ1) is 15.8. The molecule has 120 valence electrons. The molecule has 0 bridgehead atoms. The van der Waals surface area contributed by atoms with Crippen LogP contribution in [0.3, 0.4) is 0 Å². The maximum absolute atomic E-state index is 7.39. The Labute approximate surface area is 141 Å². The first-order valence-corrected chi connectivity index (χ1v) is 8.15. The monoisotopic (exact) mass is 328 g/mol. The van der Waals surface area contributed by atoms with E-state index in [1.54, 1.807) is 0 Å². The number of hydrogen-bond donors (Lipinski definition) is 3. The number of nitrogens with one attached hydrogen (secondary N) is 2. The Kier molecular flexibility index (Phi) is 4.84. The minimum atomic E-state index is 0.421. The molecule has 5 heteroatoms. The second kappa shape index (κ2) is 7.02. The van der Waals surface area contributed by atoms with Crippen molar-refractivity contribution < 1.29 is 0 Å². The van der Waals surface area contributed by atoms with Gasteiger partial charge in [0.15, 0.2) is 0 Å². The van der Waals surface area contributed by atoms with Crippen LogP contribution in [-0.4, -0.2) is 30.2 Å². The molecule has 1 aliphatic heterocycles. The van der Waals surface area contributed by atoms with E-state index in [2.05, 4.69) is 22.3 Å². The summed E-state index contributed by atoms with van der Waals surface area (Å²) in [6.07, 6.45) is 2.40. The van der Waals surface area contributed by atoms with Gasteiger partial charge in [-0.1, -0.05) is 23.7 Å². The van der Waals surface area contributed by atoms with Crippen LogP contribution in [0.2, 0.25) is 5.02 Å². The zero-order valence-corrected chi connectivity index (χ0v) is 13.7. The van der Waals surface area contributed by atoms with Crippen molar-refractivity contribution in [2.24, 2.45) is 0 Å². The summed E-state index contributed by atoms with van der Waals surface area (Å²) in [5, 5.41) is 11.7. The number of anilines is 2. The van der Waals surface area contributed by atoms with E-state index in [-0.39, 0.29) is 0 Å². The van der Waals surface area contributed by atoms with Crippen LogP contribution in [0.4, 0.5) is 11.4 Å². The standard InChI is InChI=1S/C18H21ClN4/c19-15-3-1-13(2-4-15)11-23-8-7-17(12-23)22-16-5-6-18(21)14(9-16)10-20/h1-6,9-10,17,20,22H,7-8,11-12,21H2. The molecule has 0 aromatic heterocycles. The Morgan fingerprint density at radius 2 is 2.04 bits per heavy atom. The summed E-state index contributed by atoms with van der Waals surface area (Å²) in [7, 11) is 0. The lowest BCUT2D eigenvalue weighted by atomic mass is 10.1. The summed E-state index contributed by atoms with van der Waals surface area (Å²) in [6.45, 7) is 3.03. The molecule has 1 unspecified atom stereocenters. The van der Waals surface area contributed by atoms with Gasteiger partial charge in [0, 0.05) is 53.9 Å². The molecule has 23 heavy (non-hydrogen) atoms. The van der Waals surface area contributed by atoms with Crippen LogP contribution in [0.5, 0.6) is 0 Å². The first-order valence-electron chi connectivity index (χ1n) is 7.77. The highest BCUT2D eigenvalue weighted by Gasteiger charge is 2.22. The van der Waals surface area contributed by atoms with Crippen LogP contribution in [0.15, 0.2) is 42.5 Å². The van der Waals surface area contributed by atoms with Gasteiger partial charge >= 0.3 is 0 Å². The van der Waals surface area contributed by atoms with Crippen molar-refractivity contribution in [1.82, 2.24) is 4.90 Å². The number of halogens is 1. The maximum atomic E-state index is 7.39.